The molecule has 3 aromatic carbocycles. The quantitative estimate of drug-likeness (QED) is 0.191. The van der Waals surface area contributed by atoms with E-state index in [0.717, 1.165) is 27.1 Å². The summed E-state index contributed by atoms with van der Waals surface area (Å²) in [7, 11) is 0. The molecule has 208 valence electrons. The van der Waals surface area contributed by atoms with E-state index >= 15 is 0 Å². The molecule has 9 nitrogen and oxygen atoms in total. The number of H-pyrrole nitrogens is 1. The number of amides is 1. The fourth-order valence-corrected chi connectivity index (χ4v) is 5.42. The molecule has 0 saturated heterocycles. The second-order valence-electron chi connectivity index (χ2n) is 9.09. The van der Waals surface area contributed by atoms with E-state index in [-0.39, 0.29) is 5.91 Å². The third kappa shape index (κ3) is 6.00. The Hall–Kier alpha value is -4.12. The Morgan fingerprint density at radius 3 is 2.32 bits per heavy atom. The number of fused-ring (bicyclic) bond motifs is 2. The van der Waals surface area contributed by atoms with Crippen LogP contribution in [0.3, 0.4) is 0 Å². The maximum absolute atomic E-state index is 12.7. The molecule has 0 aliphatic heterocycles. The standard InChI is InChI=1S/C27H20Cl2N8OS.C2H6/c1-13-8-14(2)10-17(9-13)26(38)30-18-6-4-16(5-7-18)24-32-25-23(15(3)35-37(25)36-24)33-34-27-31-21-11-19(28)20(29)12-22(21)39-27;1-2/h4-12,35H,1-3H3,(H,30,38);1-2H3. The lowest BCUT2D eigenvalue weighted by Crippen LogP contribution is -2.12. The Balaban J connectivity index is 0.00000165. The van der Waals surface area contributed by atoms with Crippen LogP contribution in [0.25, 0.3) is 27.3 Å². The van der Waals surface area contributed by atoms with Crippen LogP contribution in [0, 0.1) is 20.8 Å². The van der Waals surface area contributed by atoms with Gasteiger partial charge in [0.2, 0.25) is 10.8 Å². The summed E-state index contributed by atoms with van der Waals surface area (Å²) in [5.74, 6) is 0.349. The highest BCUT2D eigenvalue weighted by Crippen LogP contribution is 2.35. The number of benzene rings is 3. The van der Waals surface area contributed by atoms with Gasteiger partial charge in [0.1, 0.15) is 0 Å². The van der Waals surface area contributed by atoms with Gasteiger partial charge in [0.15, 0.2) is 11.5 Å². The van der Waals surface area contributed by atoms with E-state index < -0.39 is 0 Å². The molecular formula is C29H26Cl2N8OS. The van der Waals surface area contributed by atoms with Crippen LogP contribution in [0.4, 0.5) is 16.5 Å². The zero-order valence-electron chi connectivity index (χ0n) is 23.0. The number of carbonyl (C=O) groups excluding carboxylic acids is 1. The topological polar surface area (TPSA) is 113 Å². The van der Waals surface area contributed by atoms with Gasteiger partial charge < -0.3 is 5.32 Å². The van der Waals surface area contributed by atoms with E-state index in [4.69, 9.17) is 23.2 Å². The minimum absolute atomic E-state index is 0.159. The second kappa shape index (κ2) is 11.8. The molecule has 12 heteroatoms. The predicted molar refractivity (Wildman–Crippen MR) is 167 cm³/mol. The van der Waals surface area contributed by atoms with Crippen molar-refractivity contribution in [3.8, 4) is 11.4 Å². The number of halogens is 2. The molecule has 3 heterocycles. The highest BCUT2D eigenvalue weighted by Gasteiger charge is 2.16. The molecule has 0 saturated carbocycles. The molecule has 0 aliphatic rings. The number of azo groups is 1. The van der Waals surface area contributed by atoms with E-state index in [2.05, 4.69) is 35.7 Å². The molecule has 0 aliphatic carbocycles. The van der Waals surface area contributed by atoms with Gasteiger partial charge in [0, 0.05) is 16.8 Å². The third-order valence-electron chi connectivity index (χ3n) is 5.99. The van der Waals surface area contributed by atoms with Gasteiger partial charge in [0.05, 0.1) is 26.0 Å². The largest absolute Gasteiger partial charge is 0.322 e. The fraction of sp³-hybridized carbons (Fsp3) is 0.172. The number of thiazole rings is 1. The Labute approximate surface area is 250 Å². The van der Waals surface area contributed by atoms with Crippen molar-refractivity contribution in [3.05, 3.63) is 87.0 Å². The Morgan fingerprint density at radius 2 is 1.61 bits per heavy atom. The third-order valence-corrected chi connectivity index (χ3v) is 7.61. The average Bonchev–Trinajstić information content (AvgIpc) is 3.61. The molecule has 0 bridgehead atoms. The zero-order chi connectivity index (χ0) is 29.3. The number of rotatable bonds is 5. The summed E-state index contributed by atoms with van der Waals surface area (Å²) < 4.78 is 2.43. The number of nitrogens with zero attached hydrogens (tertiary/aromatic N) is 6. The summed E-state index contributed by atoms with van der Waals surface area (Å²) in [4.78, 5) is 21.8. The van der Waals surface area contributed by atoms with Gasteiger partial charge in [-0.05, 0) is 69.3 Å². The minimum atomic E-state index is -0.159. The van der Waals surface area contributed by atoms with Crippen molar-refractivity contribution < 1.29 is 4.79 Å². The normalized spacial score (nSPS) is 11.3. The second-order valence-corrected chi connectivity index (χ2v) is 10.9. The van der Waals surface area contributed by atoms with Crippen molar-refractivity contribution in [2.45, 2.75) is 34.6 Å². The van der Waals surface area contributed by atoms with Gasteiger partial charge in [-0.2, -0.15) is 4.63 Å². The van der Waals surface area contributed by atoms with Gasteiger partial charge in [0.25, 0.3) is 5.91 Å². The van der Waals surface area contributed by atoms with Crippen molar-refractivity contribution in [2.75, 3.05) is 5.32 Å². The maximum atomic E-state index is 12.7. The Bertz CT molecular complexity index is 1860. The summed E-state index contributed by atoms with van der Waals surface area (Å²) in [6.07, 6.45) is 0. The first-order valence-electron chi connectivity index (χ1n) is 12.9. The molecule has 0 radical (unpaired) electrons. The summed E-state index contributed by atoms with van der Waals surface area (Å²) in [5.41, 5.74) is 6.73. The first-order chi connectivity index (χ1) is 19.7. The average molecular weight is 606 g/mol. The maximum Gasteiger partial charge on any atom is 0.255 e. The SMILES string of the molecule is CC.Cc1cc(C)cc(C(=O)Nc2ccc(-c3nc4c(N=Nc5nc6cc(Cl)c(Cl)cc6s5)c(C)[nH]n4n3)cc2)c1. The summed E-state index contributed by atoms with van der Waals surface area (Å²) >= 11 is 13.6. The smallest absolute Gasteiger partial charge is 0.255 e. The summed E-state index contributed by atoms with van der Waals surface area (Å²) in [6.45, 7) is 9.81. The van der Waals surface area contributed by atoms with Crippen molar-refractivity contribution >= 4 is 72.8 Å². The van der Waals surface area contributed by atoms with Gasteiger partial charge in [-0.25, -0.2) is 9.97 Å². The molecule has 3 aromatic heterocycles. The highest BCUT2D eigenvalue weighted by atomic mass is 35.5. The van der Waals surface area contributed by atoms with Crippen LogP contribution in [0.2, 0.25) is 10.0 Å². The highest BCUT2D eigenvalue weighted by molar-refractivity contribution is 7.22. The lowest BCUT2D eigenvalue weighted by Gasteiger charge is -2.07. The van der Waals surface area contributed by atoms with Crippen molar-refractivity contribution in [1.82, 2.24) is 24.8 Å². The van der Waals surface area contributed by atoms with E-state index in [1.54, 1.807) is 16.8 Å². The van der Waals surface area contributed by atoms with Crippen LogP contribution in [-0.4, -0.2) is 30.7 Å². The number of aryl methyl sites for hydroxylation is 3. The first-order valence-corrected chi connectivity index (χ1v) is 14.4. The lowest BCUT2D eigenvalue weighted by atomic mass is 10.1. The molecule has 1 amide bonds. The number of nitrogens with one attached hydrogen (secondary N) is 2. The van der Waals surface area contributed by atoms with Crippen LogP contribution in [0.5, 0.6) is 0 Å². The number of aromatic amines is 1. The van der Waals surface area contributed by atoms with E-state index in [1.165, 1.54) is 11.3 Å². The summed E-state index contributed by atoms with van der Waals surface area (Å²) in [6, 6.07) is 16.6. The lowest BCUT2D eigenvalue weighted by molar-refractivity contribution is 0.102. The van der Waals surface area contributed by atoms with Crippen molar-refractivity contribution in [1.29, 1.82) is 0 Å². The molecule has 41 heavy (non-hydrogen) atoms. The number of aromatic nitrogens is 5. The van der Waals surface area contributed by atoms with Gasteiger partial charge in [-0.1, -0.05) is 65.6 Å². The summed E-state index contributed by atoms with van der Waals surface area (Å²) in [5, 5.41) is 20.7. The van der Waals surface area contributed by atoms with Crippen molar-refractivity contribution in [3.63, 3.8) is 0 Å². The number of hydrogen-bond donors (Lipinski definition) is 2. The Kier molecular flexibility index (Phi) is 8.16. The molecular weight excluding hydrogens is 579 g/mol. The fourth-order valence-electron chi connectivity index (χ4n) is 4.22. The van der Waals surface area contributed by atoms with Gasteiger partial charge in [-0.15, -0.1) is 15.3 Å². The van der Waals surface area contributed by atoms with Crippen molar-refractivity contribution in [2.24, 2.45) is 10.2 Å². The number of hydrogen-bond acceptors (Lipinski definition) is 7. The number of carbonyl (C=O) groups is 1. The molecule has 6 rings (SSSR count). The van der Waals surface area contributed by atoms with E-state index in [0.29, 0.717) is 49.1 Å². The van der Waals surface area contributed by atoms with Gasteiger partial charge in [-0.3, -0.25) is 9.89 Å². The van der Waals surface area contributed by atoms with E-state index in [9.17, 15) is 4.79 Å². The predicted octanol–water partition coefficient (Wildman–Crippen LogP) is 9.26. The van der Waals surface area contributed by atoms with Crippen LogP contribution < -0.4 is 5.32 Å². The molecule has 6 aromatic rings. The molecule has 0 fully saturated rings. The molecule has 0 atom stereocenters. The Morgan fingerprint density at radius 1 is 0.927 bits per heavy atom. The van der Waals surface area contributed by atoms with Gasteiger partial charge >= 0.3 is 0 Å². The molecule has 2 N–H and O–H groups in total. The zero-order valence-corrected chi connectivity index (χ0v) is 25.3. The van der Waals surface area contributed by atoms with Crippen LogP contribution in [-0.2, 0) is 0 Å². The monoisotopic (exact) mass is 604 g/mol. The van der Waals surface area contributed by atoms with Crippen LogP contribution >= 0.6 is 34.5 Å². The van der Waals surface area contributed by atoms with E-state index in [1.807, 2.05) is 77.1 Å². The first kappa shape index (κ1) is 28.4. The minimum Gasteiger partial charge on any atom is -0.322 e. The van der Waals surface area contributed by atoms with Crippen LogP contribution in [0.15, 0.2) is 64.8 Å². The van der Waals surface area contributed by atoms with Crippen LogP contribution in [0.1, 0.15) is 41.0 Å². The number of anilines is 1. The molecule has 0 unspecified atom stereocenters. The molecule has 0 spiro atoms.